The van der Waals surface area contributed by atoms with Crippen LogP contribution in [0.15, 0.2) is 12.1 Å². The minimum absolute atomic E-state index is 0.201. The fourth-order valence-electron chi connectivity index (χ4n) is 1.24. The molecule has 6 heteroatoms. The third-order valence-corrected chi connectivity index (χ3v) is 1.91. The van der Waals surface area contributed by atoms with E-state index in [9.17, 15) is 13.6 Å². The Balaban J connectivity index is 2.38. The van der Waals surface area contributed by atoms with E-state index >= 15 is 0 Å². The van der Waals surface area contributed by atoms with Crippen molar-refractivity contribution in [2.24, 2.45) is 0 Å². The van der Waals surface area contributed by atoms with Crippen LogP contribution in [0, 0.1) is 23.7 Å². The Morgan fingerprint density at radius 2 is 1.95 bits per heavy atom. The molecule has 20 heavy (non-hydrogen) atoms. The lowest BCUT2D eigenvalue weighted by atomic mass is 10.2. The second-order valence-electron chi connectivity index (χ2n) is 4.98. The Kier molecular flexibility index (Phi) is 5.44. The number of halogens is 2. The first-order chi connectivity index (χ1) is 9.26. The smallest absolute Gasteiger partial charge is 0.407 e. The lowest BCUT2D eigenvalue weighted by molar-refractivity contribution is 0.0529. The molecule has 1 aromatic rings. The fraction of sp³-hybridized carbons (Fsp3) is 0.429. The number of hydrogen-bond acceptors (Lipinski definition) is 3. The molecule has 0 fully saturated rings. The minimum Gasteiger partial charge on any atom is -0.444 e. The summed E-state index contributed by atoms with van der Waals surface area (Å²) in [6.45, 7) is 5.58. The number of carbonyl (C=O) groups excluding carboxylic acids is 1. The molecule has 0 bridgehead atoms. The van der Waals surface area contributed by atoms with Crippen LogP contribution in [0.2, 0.25) is 0 Å². The monoisotopic (exact) mass is 282 g/mol. The standard InChI is InChI=1S/C14H16F2N2O2/c1-14(2,3)20-13(19)17-7-5-4-6-10-8-11(15)18-12(16)9-10/h8-9H,5,7H2,1-3H3,(H,17,19). The lowest BCUT2D eigenvalue weighted by Crippen LogP contribution is -2.32. The van der Waals surface area contributed by atoms with E-state index in [4.69, 9.17) is 4.74 Å². The fourth-order valence-corrected chi connectivity index (χ4v) is 1.24. The van der Waals surface area contributed by atoms with Gasteiger partial charge in [0.25, 0.3) is 0 Å². The van der Waals surface area contributed by atoms with E-state index in [1.165, 1.54) is 0 Å². The number of pyridine rings is 1. The summed E-state index contributed by atoms with van der Waals surface area (Å²) in [7, 11) is 0. The van der Waals surface area contributed by atoms with E-state index < -0.39 is 23.6 Å². The Labute approximate surface area is 116 Å². The maximum Gasteiger partial charge on any atom is 0.407 e. The van der Waals surface area contributed by atoms with Crippen molar-refractivity contribution in [1.29, 1.82) is 0 Å². The average molecular weight is 282 g/mol. The summed E-state index contributed by atoms with van der Waals surface area (Å²) in [4.78, 5) is 14.3. The Hall–Kier alpha value is -2.16. The number of carbonyl (C=O) groups is 1. The van der Waals surface area contributed by atoms with Crippen molar-refractivity contribution in [3.63, 3.8) is 0 Å². The highest BCUT2D eigenvalue weighted by Crippen LogP contribution is 2.06. The van der Waals surface area contributed by atoms with Crippen molar-refractivity contribution in [2.75, 3.05) is 6.54 Å². The molecule has 0 atom stereocenters. The van der Waals surface area contributed by atoms with Gasteiger partial charge < -0.3 is 10.1 Å². The highest BCUT2D eigenvalue weighted by atomic mass is 19.1. The first-order valence-electron chi connectivity index (χ1n) is 6.05. The quantitative estimate of drug-likeness (QED) is 0.515. The number of amides is 1. The summed E-state index contributed by atoms with van der Waals surface area (Å²) in [5.74, 6) is 3.45. The maximum absolute atomic E-state index is 12.8. The number of nitrogens with zero attached hydrogens (tertiary/aromatic N) is 1. The normalized spacial score (nSPS) is 10.4. The Morgan fingerprint density at radius 1 is 1.35 bits per heavy atom. The minimum atomic E-state index is -0.916. The summed E-state index contributed by atoms with van der Waals surface area (Å²) in [6.07, 6.45) is -0.189. The largest absolute Gasteiger partial charge is 0.444 e. The highest BCUT2D eigenvalue weighted by molar-refractivity contribution is 5.67. The molecule has 108 valence electrons. The van der Waals surface area contributed by atoms with E-state index in [0.717, 1.165) is 12.1 Å². The van der Waals surface area contributed by atoms with Crippen molar-refractivity contribution in [3.8, 4) is 11.8 Å². The summed E-state index contributed by atoms with van der Waals surface area (Å²) in [5.41, 5.74) is -0.353. The van der Waals surface area contributed by atoms with Gasteiger partial charge in [0.05, 0.1) is 0 Å². The lowest BCUT2D eigenvalue weighted by Gasteiger charge is -2.19. The third kappa shape index (κ3) is 6.69. The van der Waals surface area contributed by atoms with Crippen LogP contribution in [-0.2, 0) is 4.74 Å². The van der Waals surface area contributed by atoms with Gasteiger partial charge in [-0.3, -0.25) is 0 Å². The molecule has 0 aliphatic heterocycles. The molecule has 0 aliphatic rings. The molecule has 0 aromatic carbocycles. The van der Waals surface area contributed by atoms with Gasteiger partial charge >= 0.3 is 6.09 Å². The summed E-state index contributed by atoms with van der Waals surface area (Å²) in [6, 6.07) is 2.08. The van der Waals surface area contributed by atoms with Gasteiger partial charge in [-0.25, -0.2) is 4.79 Å². The second kappa shape index (κ2) is 6.85. The van der Waals surface area contributed by atoms with E-state index in [0.29, 0.717) is 6.42 Å². The molecule has 0 saturated heterocycles. The van der Waals surface area contributed by atoms with Crippen molar-refractivity contribution in [2.45, 2.75) is 32.8 Å². The number of nitrogens with one attached hydrogen (secondary N) is 1. The number of alkyl carbamates (subject to hydrolysis) is 1. The van der Waals surface area contributed by atoms with Gasteiger partial charge in [-0.15, -0.1) is 0 Å². The molecule has 1 heterocycles. The molecule has 0 saturated carbocycles. The molecular formula is C14H16F2N2O2. The summed E-state index contributed by atoms with van der Waals surface area (Å²) < 4.78 is 30.6. The van der Waals surface area contributed by atoms with Crippen LogP contribution in [0.1, 0.15) is 32.8 Å². The Bertz CT molecular complexity index is 522. The topological polar surface area (TPSA) is 51.2 Å². The number of aromatic nitrogens is 1. The molecule has 4 nitrogen and oxygen atoms in total. The molecule has 1 N–H and O–H groups in total. The SMILES string of the molecule is CC(C)(C)OC(=O)NCCC#Cc1cc(F)nc(F)c1. The molecule has 0 spiro atoms. The van der Waals surface area contributed by atoms with Crippen molar-refractivity contribution >= 4 is 6.09 Å². The predicted molar refractivity (Wildman–Crippen MR) is 69.9 cm³/mol. The van der Waals surface area contributed by atoms with E-state index in [1.807, 2.05) is 0 Å². The van der Waals surface area contributed by atoms with Gasteiger partial charge in [0.15, 0.2) is 0 Å². The van der Waals surface area contributed by atoms with Gasteiger partial charge in [-0.1, -0.05) is 11.8 Å². The molecule has 1 rings (SSSR count). The van der Waals surface area contributed by atoms with Crippen LogP contribution in [0.25, 0.3) is 0 Å². The third-order valence-electron chi connectivity index (χ3n) is 1.91. The Morgan fingerprint density at radius 3 is 2.50 bits per heavy atom. The second-order valence-corrected chi connectivity index (χ2v) is 4.98. The summed E-state index contributed by atoms with van der Waals surface area (Å²) >= 11 is 0. The van der Waals surface area contributed by atoms with E-state index in [-0.39, 0.29) is 12.1 Å². The van der Waals surface area contributed by atoms with Gasteiger partial charge in [0.1, 0.15) is 5.60 Å². The van der Waals surface area contributed by atoms with Crippen molar-refractivity contribution in [3.05, 3.63) is 29.6 Å². The first-order valence-corrected chi connectivity index (χ1v) is 6.05. The van der Waals surface area contributed by atoms with Crippen molar-refractivity contribution < 1.29 is 18.3 Å². The van der Waals surface area contributed by atoms with Crippen LogP contribution in [0.4, 0.5) is 13.6 Å². The first kappa shape index (κ1) is 15.9. The van der Waals surface area contributed by atoms with Crippen LogP contribution in [0.3, 0.4) is 0 Å². The highest BCUT2D eigenvalue weighted by Gasteiger charge is 2.15. The van der Waals surface area contributed by atoms with Crippen LogP contribution >= 0.6 is 0 Å². The molecule has 1 aromatic heterocycles. The van der Waals surface area contributed by atoms with Crippen molar-refractivity contribution in [1.82, 2.24) is 10.3 Å². The number of rotatable bonds is 2. The van der Waals surface area contributed by atoms with Gasteiger partial charge in [-0.05, 0) is 20.8 Å². The molecule has 0 aliphatic carbocycles. The van der Waals surface area contributed by atoms with Gasteiger partial charge in [-0.2, -0.15) is 13.8 Å². The maximum atomic E-state index is 12.8. The van der Waals surface area contributed by atoms with E-state index in [2.05, 4.69) is 22.1 Å². The average Bonchev–Trinajstić information content (AvgIpc) is 2.24. The number of hydrogen-bond donors (Lipinski definition) is 1. The molecular weight excluding hydrogens is 266 g/mol. The van der Waals surface area contributed by atoms with Crippen LogP contribution < -0.4 is 5.32 Å². The molecule has 0 unspecified atom stereocenters. The molecule has 1 amide bonds. The van der Waals surface area contributed by atoms with Gasteiger partial charge in [0.2, 0.25) is 11.9 Å². The zero-order valence-corrected chi connectivity index (χ0v) is 11.6. The van der Waals surface area contributed by atoms with E-state index in [1.54, 1.807) is 20.8 Å². The number of ether oxygens (including phenoxy) is 1. The van der Waals surface area contributed by atoms with Crippen LogP contribution in [-0.4, -0.2) is 23.2 Å². The zero-order valence-electron chi connectivity index (χ0n) is 11.6. The predicted octanol–water partition coefficient (Wildman–Crippen LogP) is 2.63. The van der Waals surface area contributed by atoms with Gasteiger partial charge in [0, 0.05) is 30.7 Å². The van der Waals surface area contributed by atoms with Crippen LogP contribution in [0.5, 0.6) is 0 Å². The summed E-state index contributed by atoms with van der Waals surface area (Å²) in [5, 5.41) is 2.52. The zero-order chi connectivity index (χ0) is 15.2. The molecule has 0 radical (unpaired) electrons.